The monoisotopic (exact) mass is 402 g/mol. The molecular weight excluding hydrogens is 376 g/mol. The van der Waals surface area contributed by atoms with Gasteiger partial charge in [0.15, 0.2) is 0 Å². The molecule has 1 rings (SSSR count). The van der Waals surface area contributed by atoms with Crippen molar-refractivity contribution in [2.45, 2.75) is 62.3 Å². The first-order valence-electron chi connectivity index (χ1n) is 8.46. The third kappa shape index (κ3) is 7.57. The van der Waals surface area contributed by atoms with Gasteiger partial charge in [-0.1, -0.05) is 49.5 Å². The summed E-state index contributed by atoms with van der Waals surface area (Å²) >= 11 is 2.25. The summed E-state index contributed by atoms with van der Waals surface area (Å²) in [5.74, 6) is -1.29. The van der Waals surface area contributed by atoms with Gasteiger partial charge in [-0.15, -0.1) is 0 Å². The topological polar surface area (TPSA) is 93.1 Å². The van der Waals surface area contributed by atoms with Crippen molar-refractivity contribution in [1.82, 2.24) is 0 Å². The number of aliphatic hydroxyl groups is 2. The van der Waals surface area contributed by atoms with Crippen LogP contribution >= 0.6 is 23.5 Å². The SMILES string of the molecule is CCC(OC(=O)c1ccccc1C(=O)OC(CC)SC(C)O)SC(C)O. The highest BCUT2D eigenvalue weighted by atomic mass is 32.2. The number of rotatable bonds is 10. The first kappa shape index (κ1) is 22.8. The Bertz CT molecular complexity index is 540. The summed E-state index contributed by atoms with van der Waals surface area (Å²) in [7, 11) is 0. The molecule has 0 spiro atoms. The zero-order valence-electron chi connectivity index (χ0n) is 15.4. The molecular formula is C18H26O6S2. The lowest BCUT2D eigenvalue weighted by atomic mass is 10.1. The number of carbonyl (C=O) groups is 2. The predicted octanol–water partition coefficient (Wildman–Crippen LogP) is 3.62. The molecule has 0 aliphatic rings. The Hall–Kier alpha value is -1.22. The second kappa shape index (κ2) is 11.5. The van der Waals surface area contributed by atoms with Gasteiger partial charge in [0.1, 0.15) is 10.9 Å². The predicted molar refractivity (Wildman–Crippen MR) is 104 cm³/mol. The summed E-state index contributed by atoms with van der Waals surface area (Å²) in [5.41, 5.74) is -2.15. The van der Waals surface area contributed by atoms with Gasteiger partial charge in [-0.3, -0.25) is 0 Å². The summed E-state index contributed by atoms with van der Waals surface area (Å²) < 4.78 is 10.8. The van der Waals surface area contributed by atoms with Crippen molar-refractivity contribution >= 4 is 35.5 Å². The van der Waals surface area contributed by atoms with Gasteiger partial charge in [0.05, 0.1) is 22.0 Å². The van der Waals surface area contributed by atoms with Crippen LogP contribution in [0.15, 0.2) is 24.3 Å². The number of hydrogen-bond donors (Lipinski definition) is 2. The Kier molecular flexibility index (Phi) is 10.1. The number of ether oxygens (including phenoxy) is 2. The summed E-state index contributed by atoms with van der Waals surface area (Å²) in [6, 6.07) is 6.28. The first-order chi connectivity index (χ1) is 12.3. The maximum atomic E-state index is 12.5. The van der Waals surface area contributed by atoms with Crippen LogP contribution in [-0.2, 0) is 9.47 Å². The molecule has 0 aliphatic heterocycles. The van der Waals surface area contributed by atoms with E-state index < -0.39 is 33.7 Å². The highest BCUT2D eigenvalue weighted by Crippen LogP contribution is 2.24. The number of aliphatic hydroxyl groups excluding tert-OH is 2. The lowest BCUT2D eigenvalue weighted by Crippen LogP contribution is -2.22. The number of thioether (sulfide) groups is 2. The van der Waals surface area contributed by atoms with E-state index >= 15 is 0 Å². The number of benzene rings is 1. The zero-order valence-corrected chi connectivity index (χ0v) is 17.0. The quantitative estimate of drug-likeness (QED) is 0.453. The molecule has 26 heavy (non-hydrogen) atoms. The summed E-state index contributed by atoms with van der Waals surface area (Å²) in [4.78, 5) is 25.0. The van der Waals surface area contributed by atoms with Crippen molar-refractivity contribution < 1.29 is 29.3 Å². The zero-order chi connectivity index (χ0) is 19.7. The molecule has 4 atom stereocenters. The minimum atomic E-state index is -0.671. The van der Waals surface area contributed by atoms with Crippen molar-refractivity contribution in [3.8, 4) is 0 Å². The maximum Gasteiger partial charge on any atom is 0.340 e. The molecule has 0 radical (unpaired) electrons. The molecule has 0 saturated heterocycles. The molecule has 0 aromatic heterocycles. The smallest absolute Gasteiger partial charge is 0.340 e. The highest BCUT2D eigenvalue weighted by molar-refractivity contribution is 8.00. The van der Waals surface area contributed by atoms with Crippen LogP contribution in [-0.4, -0.2) is 43.9 Å². The molecule has 8 heteroatoms. The minimum Gasteiger partial charge on any atom is -0.448 e. The third-order valence-electron chi connectivity index (χ3n) is 3.21. The van der Waals surface area contributed by atoms with E-state index in [1.165, 1.54) is 12.1 Å². The number of carbonyl (C=O) groups excluding carboxylic acids is 2. The minimum absolute atomic E-state index is 0.110. The van der Waals surface area contributed by atoms with Gasteiger partial charge in [-0.25, -0.2) is 9.59 Å². The Labute approximate surface area is 162 Å². The Morgan fingerprint density at radius 3 is 1.50 bits per heavy atom. The molecule has 2 N–H and O–H groups in total. The van der Waals surface area contributed by atoms with Crippen LogP contribution in [0, 0.1) is 0 Å². The first-order valence-corrected chi connectivity index (χ1v) is 10.3. The molecule has 0 fully saturated rings. The van der Waals surface area contributed by atoms with E-state index in [0.29, 0.717) is 12.8 Å². The fourth-order valence-corrected chi connectivity index (χ4v) is 3.61. The molecule has 0 amide bonds. The number of esters is 2. The average Bonchev–Trinajstić information content (AvgIpc) is 2.59. The average molecular weight is 403 g/mol. The van der Waals surface area contributed by atoms with E-state index in [-0.39, 0.29) is 11.1 Å². The lowest BCUT2D eigenvalue weighted by Gasteiger charge is -2.19. The molecule has 146 valence electrons. The van der Waals surface area contributed by atoms with Crippen molar-refractivity contribution in [2.75, 3.05) is 0 Å². The van der Waals surface area contributed by atoms with E-state index in [0.717, 1.165) is 23.5 Å². The van der Waals surface area contributed by atoms with E-state index in [4.69, 9.17) is 9.47 Å². The fraction of sp³-hybridized carbons (Fsp3) is 0.556. The van der Waals surface area contributed by atoms with Crippen molar-refractivity contribution in [1.29, 1.82) is 0 Å². The van der Waals surface area contributed by atoms with Crippen LogP contribution in [0.3, 0.4) is 0 Å². The highest BCUT2D eigenvalue weighted by Gasteiger charge is 2.24. The second-order valence-corrected chi connectivity index (χ2v) is 8.46. The van der Waals surface area contributed by atoms with E-state index in [9.17, 15) is 19.8 Å². The Morgan fingerprint density at radius 2 is 1.23 bits per heavy atom. The molecule has 0 saturated carbocycles. The third-order valence-corrected chi connectivity index (χ3v) is 5.46. The van der Waals surface area contributed by atoms with Gasteiger partial charge in [0.2, 0.25) is 0 Å². The summed E-state index contributed by atoms with van der Waals surface area (Å²) in [5, 5.41) is 18.9. The standard InChI is InChI=1S/C18H26O6S2/c1-5-15(25-11(3)19)23-17(21)13-9-7-8-10-14(13)18(22)24-16(6-2)26-12(4)20/h7-12,15-16,19-20H,5-6H2,1-4H3. The molecule has 0 bridgehead atoms. The second-order valence-electron chi connectivity index (χ2n) is 5.50. The van der Waals surface area contributed by atoms with Crippen LogP contribution in [0.5, 0.6) is 0 Å². The van der Waals surface area contributed by atoms with Crippen LogP contribution in [0.1, 0.15) is 61.3 Å². The normalized spacial score (nSPS) is 15.6. The van der Waals surface area contributed by atoms with E-state index in [1.807, 2.05) is 13.8 Å². The van der Waals surface area contributed by atoms with Crippen LogP contribution in [0.4, 0.5) is 0 Å². The molecule has 0 heterocycles. The lowest BCUT2D eigenvalue weighted by molar-refractivity contribution is 0.0402. The molecule has 1 aromatic rings. The van der Waals surface area contributed by atoms with Crippen LogP contribution in [0.25, 0.3) is 0 Å². The Morgan fingerprint density at radius 1 is 0.885 bits per heavy atom. The van der Waals surface area contributed by atoms with Crippen molar-refractivity contribution in [2.24, 2.45) is 0 Å². The van der Waals surface area contributed by atoms with E-state index in [1.54, 1.807) is 26.0 Å². The summed E-state index contributed by atoms with van der Waals surface area (Å²) in [6.07, 6.45) is 1.05. The van der Waals surface area contributed by atoms with Gasteiger partial charge >= 0.3 is 11.9 Å². The Balaban J connectivity index is 2.92. The van der Waals surface area contributed by atoms with E-state index in [2.05, 4.69) is 0 Å². The van der Waals surface area contributed by atoms with Gasteiger partial charge < -0.3 is 19.7 Å². The van der Waals surface area contributed by atoms with Crippen molar-refractivity contribution in [3.05, 3.63) is 35.4 Å². The van der Waals surface area contributed by atoms with Gasteiger partial charge in [0.25, 0.3) is 0 Å². The molecule has 4 unspecified atom stereocenters. The van der Waals surface area contributed by atoms with Gasteiger partial charge in [-0.05, 0) is 38.8 Å². The summed E-state index contributed by atoms with van der Waals surface area (Å²) in [6.45, 7) is 6.87. The van der Waals surface area contributed by atoms with Crippen molar-refractivity contribution in [3.63, 3.8) is 0 Å². The maximum absolute atomic E-state index is 12.5. The molecule has 0 aliphatic carbocycles. The number of hydrogen-bond acceptors (Lipinski definition) is 8. The van der Waals surface area contributed by atoms with Gasteiger partial charge in [-0.2, -0.15) is 0 Å². The fourth-order valence-electron chi connectivity index (χ4n) is 2.06. The largest absolute Gasteiger partial charge is 0.448 e. The van der Waals surface area contributed by atoms with Gasteiger partial charge in [0, 0.05) is 0 Å². The van der Waals surface area contributed by atoms with Crippen LogP contribution in [0.2, 0.25) is 0 Å². The van der Waals surface area contributed by atoms with Crippen LogP contribution < -0.4 is 0 Å². The molecule has 6 nitrogen and oxygen atoms in total. The molecule has 1 aromatic carbocycles.